The van der Waals surface area contributed by atoms with Gasteiger partial charge in [0.15, 0.2) is 5.82 Å². The van der Waals surface area contributed by atoms with E-state index in [-0.39, 0.29) is 30.8 Å². The number of aromatic nitrogens is 4. The number of alkyl halides is 2. The van der Waals surface area contributed by atoms with E-state index in [9.17, 15) is 22.0 Å². The minimum absolute atomic E-state index is 0.0131. The first-order valence-corrected chi connectivity index (χ1v) is 13.2. The average molecular weight is 520 g/mol. The van der Waals surface area contributed by atoms with Gasteiger partial charge in [-0.05, 0) is 30.9 Å². The molecule has 0 radical (unpaired) electrons. The second kappa shape index (κ2) is 9.04. The number of amides is 1. The van der Waals surface area contributed by atoms with Crippen molar-refractivity contribution in [2.75, 3.05) is 30.4 Å². The number of fused-ring (bicyclic) bond motifs is 1. The van der Waals surface area contributed by atoms with Crippen LogP contribution < -0.4 is 10.2 Å². The molecule has 192 valence electrons. The van der Waals surface area contributed by atoms with Crippen molar-refractivity contribution in [2.45, 2.75) is 37.9 Å². The minimum Gasteiger partial charge on any atom is -0.334 e. The van der Waals surface area contributed by atoms with Crippen LogP contribution in [0.15, 0.2) is 24.7 Å². The van der Waals surface area contributed by atoms with Gasteiger partial charge in [0.2, 0.25) is 5.91 Å². The summed E-state index contributed by atoms with van der Waals surface area (Å²) < 4.78 is 51.5. The van der Waals surface area contributed by atoms with Gasteiger partial charge in [-0.2, -0.15) is 13.1 Å². The topological polar surface area (TPSA) is 113 Å². The summed E-state index contributed by atoms with van der Waals surface area (Å²) in [6, 6.07) is 3.78. The molecule has 3 aromatic rings. The van der Waals surface area contributed by atoms with Gasteiger partial charge < -0.3 is 14.8 Å². The normalized spacial score (nSPS) is 16.9. The standard InChI is InChI=1S/C23H27F2N7O3S/c1-4-13-7-16(15-10-32(11-15)36(34,35)23(24)25)26-9-18(13)31(3)19-8-17-20(27-12-30(17)2)21(28-19)29-22(33)14-5-6-14/h7-9,12,14-15,23H,4-6,10-11H2,1-3H3,(H,28,29,33). The number of hydrogen-bond donors (Lipinski definition) is 1. The first-order valence-electron chi connectivity index (χ1n) is 11.7. The van der Waals surface area contributed by atoms with Gasteiger partial charge in [0.25, 0.3) is 10.0 Å². The number of nitrogens with zero attached hydrogens (tertiary/aromatic N) is 6. The van der Waals surface area contributed by atoms with E-state index in [1.165, 1.54) is 0 Å². The van der Waals surface area contributed by atoms with Crippen LogP contribution in [0.2, 0.25) is 0 Å². The van der Waals surface area contributed by atoms with E-state index < -0.39 is 15.8 Å². The van der Waals surface area contributed by atoms with Crippen LogP contribution in [0.1, 0.15) is 36.9 Å². The van der Waals surface area contributed by atoms with Crippen LogP contribution in [0, 0.1) is 5.92 Å². The molecule has 36 heavy (non-hydrogen) atoms. The monoisotopic (exact) mass is 519 g/mol. The quantitative estimate of drug-likeness (QED) is 0.487. The molecule has 1 saturated heterocycles. The number of imidazole rings is 1. The van der Waals surface area contributed by atoms with Crippen LogP contribution in [0.3, 0.4) is 0 Å². The van der Waals surface area contributed by atoms with E-state index >= 15 is 0 Å². The molecule has 3 aromatic heterocycles. The van der Waals surface area contributed by atoms with E-state index in [0.717, 1.165) is 33.9 Å². The largest absolute Gasteiger partial charge is 0.350 e. The molecule has 5 rings (SSSR count). The maximum Gasteiger partial charge on any atom is 0.350 e. The lowest BCUT2D eigenvalue weighted by Gasteiger charge is -2.37. The number of pyridine rings is 2. The van der Waals surface area contributed by atoms with Crippen molar-refractivity contribution in [3.8, 4) is 0 Å². The molecule has 4 heterocycles. The molecule has 0 spiro atoms. The fourth-order valence-corrected chi connectivity index (χ4v) is 5.32. The molecule has 1 saturated carbocycles. The Hall–Kier alpha value is -3.19. The van der Waals surface area contributed by atoms with Crippen molar-refractivity contribution >= 4 is 44.3 Å². The second-order valence-corrected chi connectivity index (χ2v) is 11.2. The molecule has 2 aliphatic rings. The highest BCUT2D eigenvalue weighted by molar-refractivity contribution is 7.89. The van der Waals surface area contributed by atoms with Crippen LogP contribution in [0.4, 0.5) is 26.1 Å². The van der Waals surface area contributed by atoms with Gasteiger partial charge in [-0.1, -0.05) is 6.92 Å². The van der Waals surface area contributed by atoms with Crippen molar-refractivity contribution in [1.82, 2.24) is 23.8 Å². The van der Waals surface area contributed by atoms with Crippen molar-refractivity contribution < 1.29 is 22.0 Å². The Labute approximate surface area is 207 Å². The van der Waals surface area contributed by atoms with Gasteiger partial charge in [0, 0.05) is 50.8 Å². The lowest BCUT2D eigenvalue weighted by Crippen LogP contribution is -2.50. The average Bonchev–Trinajstić information content (AvgIpc) is 3.60. The number of aryl methyl sites for hydroxylation is 2. The van der Waals surface area contributed by atoms with E-state index in [2.05, 4.69) is 15.3 Å². The lowest BCUT2D eigenvalue weighted by molar-refractivity contribution is -0.117. The highest BCUT2D eigenvalue weighted by Gasteiger charge is 2.42. The third kappa shape index (κ3) is 4.30. The van der Waals surface area contributed by atoms with Gasteiger partial charge in [0.05, 0.1) is 23.7 Å². The predicted molar refractivity (Wildman–Crippen MR) is 131 cm³/mol. The maximum atomic E-state index is 12.8. The van der Waals surface area contributed by atoms with E-state index in [0.29, 0.717) is 29.3 Å². The second-order valence-electron chi connectivity index (χ2n) is 9.29. The van der Waals surface area contributed by atoms with Crippen LogP contribution in [0.25, 0.3) is 11.0 Å². The molecule has 0 aromatic carbocycles. The third-order valence-electron chi connectivity index (χ3n) is 6.81. The zero-order valence-electron chi connectivity index (χ0n) is 20.1. The summed E-state index contributed by atoms with van der Waals surface area (Å²) in [5, 5.41) is 2.92. The number of hydrogen-bond acceptors (Lipinski definition) is 7. The van der Waals surface area contributed by atoms with E-state index in [1.807, 2.05) is 42.6 Å². The van der Waals surface area contributed by atoms with Crippen molar-refractivity contribution in [1.29, 1.82) is 0 Å². The maximum absolute atomic E-state index is 12.8. The van der Waals surface area contributed by atoms with Crippen LogP contribution in [-0.2, 0) is 28.3 Å². The molecular formula is C23H27F2N7O3S. The van der Waals surface area contributed by atoms with Crippen LogP contribution >= 0.6 is 0 Å². The number of nitrogens with one attached hydrogen (secondary N) is 1. The predicted octanol–water partition coefficient (Wildman–Crippen LogP) is 2.99. The van der Waals surface area contributed by atoms with Gasteiger partial charge in [-0.25, -0.2) is 18.4 Å². The summed E-state index contributed by atoms with van der Waals surface area (Å²) in [5.74, 6) is -2.69. The molecule has 1 aliphatic carbocycles. The molecular weight excluding hydrogens is 492 g/mol. The molecule has 1 amide bonds. The van der Waals surface area contributed by atoms with Gasteiger partial charge in [-0.15, -0.1) is 0 Å². The number of anilines is 3. The molecule has 1 N–H and O–H groups in total. The van der Waals surface area contributed by atoms with E-state index in [4.69, 9.17) is 4.98 Å². The minimum atomic E-state index is -4.57. The summed E-state index contributed by atoms with van der Waals surface area (Å²) in [5.41, 5.74) is 3.84. The highest BCUT2D eigenvalue weighted by atomic mass is 32.2. The summed E-state index contributed by atoms with van der Waals surface area (Å²) in [6.07, 6.45) is 5.78. The van der Waals surface area contributed by atoms with Crippen LogP contribution in [-0.4, -0.2) is 64.0 Å². The summed E-state index contributed by atoms with van der Waals surface area (Å²) >= 11 is 0. The Bertz CT molecular complexity index is 1430. The number of halogens is 2. The molecule has 0 unspecified atom stereocenters. The van der Waals surface area contributed by atoms with Crippen molar-refractivity contribution in [2.24, 2.45) is 13.0 Å². The fourth-order valence-electron chi connectivity index (χ4n) is 4.32. The first-order chi connectivity index (χ1) is 17.1. The van der Waals surface area contributed by atoms with Gasteiger partial charge >= 0.3 is 5.76 Å². The van der Waals surface area contributed by atoms with E-state index in [1.54, 1.807) is 12.5 Å². The number of carbonyl (C=O) groups excluding carboxylic acids is 1. The van der Waals surface area contributed by atoms with Crippen molar-refractivity contribution in [3.05, 3.63) is 35.9 Å². The van der Waals surface area contributed by atoms with Gasteiger partial charge in [-0.3, -0.25) is 9.78 Å². The molecule has 1 aliphatic heterocycles. The number of sulfonamides is 1. The third-order valence-corrected chi connectivity index (χ3v) is 8.28. The Morgan fingerprint density at radius 2 is 1.97 bits per heavy atom. The summed E-state index contributed by atoms with van der Waals surface area (Å²) in [4.78, 5) is 27.9. The Morgan fingerprint density at radius 1 is 1.25 bits per heavy atom. The highest BCUT2D eigenvalue weighted by Crippen LogP contribution is 2.36. The number of rotatable bonds is 8. The van der Waals surface area contributed by atoms with Crippen LogP contribution in [0.5, 0.6) is 0 Å². The molecule has 10 nitrogen and oxygen atoms in total. The smallest absolute Gasteiger partial charge is 0.334 e. The summed E-state index contributed by atoms with van der Waals surface area (Å²) in [7, 11) is -0.842. The zero-order chi connectivity index (χ0) is 25.8. The molecule has 0 atom stereocenters. The fraction of sp³-hybridized carbons (Fsp3) is 0.478. The molecule has 2 fully saturated rings. The first kappa shape index (κ1) is 24.5. The molecule has 0 bridgehead atoms. The Morgan fingerprint density at radius 3 is 2.61 bits per heavy atom. The van der Waals surface area contributed by atoms with Gasteiger partial charge in [0.1, 0.15) is 11.3 Å². The SMILES string of the molecule is CCc1cc(C2CN(S(=O)(=O)C(F)F)C2)ncc1N(C)c1cc2c(ncn2C)c(NC(=O)C2CC2)n1. The molecule has 13 heteroatoms. The Balaban J connectivity index is 1.42. The Kier molecular flexibility index (Phi) is 6.15. The number of carbonyl (C=O) groups is 1. The van der Waals surface area contributed by atoms with Crippen molar-refractivity contribution in [3.63, 3.8) is 0 Å². The zero-order valence-corrected chi connectivity index (χ0v) is 21.0. The lowest BCUT2D eigenvalue weighted by atomic mass is 9.96. The summed E-state index contributed by atoms with van der Waals surface area (Å²) in [6.45, 7) is 1.96.